The molecule has 1 aromatic heterocycles. The second kappa shape index (κ2) is 10.7. The van der Waals surface area contributed by atoms with Gasteiger partial charge in [-0.2, -0.15) is 4.98 Å². The summed E-state index contributed by atoms with van der Waals surface area (Å²) in [5.74, 6) is -0.0575. The molecule has 0 amide bonds. The SMILES string of the molecule is C=CC(=O)OCCCCOC(=O)/C=C\C=C/C(=C)c1noc(C)n1. The van der Waals surface area contributed by atoms with Crippen LogP contribution in [0.15, 0.2) is 48.1 Å². The Morgan fingerprint density at radius 3 is 2.33 bits per heavy atom. The summed E-state index contributed by atoms with van der Waals surface area (Å²) in [5, 5.41) is 3.72. The summed E-state index contributed by atoms with van der Waals surface area (Å²) in [6.07, 6.45) is 8.43. The Hall–Kier alpha value is -2.96. The molecular formula is C17H20N2O5. The zero-order valence-electron chi connectivity index (χ0n) is 13.6. The largest absolute Gasteiger partial charge is 0.463 e. The minimum atomic E-state index is -0.459. The fourth-order valence-electron chi connectivity index (χ4n) is 1.47. The Bertz CT molecular complexity index is 643. The number of aryl methyl sites for hydroxylation is 1. The van der Waals surface area contributed by atoms with Gasteiger partial charge in [-0.05, 0) is 12.8 Å². The van der Waals surface area contributed by atoms with E-state index < -0.39 is 11.9 Å². The zero-order valence-corrected chi connectivity index (χ0v) is 13.6. The summed E-state index contributed by atoms with van der Waals surface area (Å²) in [6.45, 7) is 9.30. The topological polar surface area (TPSA) is 91.5 Å². The van der Waals surface area contributed by atoms with Crippen LogP contribution in [0.2, 0.25) is 0 Å². The van der Waals surface area contributed by atoms with E-state index in [-0.39, 0.29) is 13.2 Å². The maximum Gasteiger partial charge on any atom is 0.330 e. The number of carbonyl (C=O) groups excluding carboxylic acids is 2. The zero-order chi connectivity index (χ0) is 17.8. The van der Waals surface area contributed by atoms with Gasteiger partial charge >= 0.3 is 11.9 Å². The second-order valence-electron chi connectivity index (χ2n) is 4.63. The van der Waals surface area contributed by atoms with Crippen molar-refractivity contribution in [3.63, 3.8) is 0 Å². The first-order valence-corrected chi connectivity index (χ1v) is 7.33. The van der Waals surface area contributed by atoms with Crippen molar-refractivity contribution in [3.8, 4) is 0 Å². The first-order chi connectivity index (χ1) is 11.5. The number of unbranched alkanes of at least 4 members (excludes halogenated alkanes) is 1. The molecule has 0 aliphatic rings. The number of nitrogens with zero attached hydrogens (tertiary/aromatic N) is 2. The van der Waals surface area contributed by atoms with Crippen molar-refractivity contribution in [3.05, 3.63) is 55.3 Å². The van der Waals surface area contributed by atoms with E-state index in [2.05, 4.69) is 23.3 Å². The molecule has 0 spiro atoms. The number of aromatic nitrogens is 2. The van der Waals surface area contributed by atoms with Crippen molar-refractivity contribution in [2.75, 3.05) is 13.2 Å². The number of ether oxygens (including phenoxy) is 2. The summed E-state index contributed by atoms with van der Waals surface area (Å²) in [6, 6.07) is 0. The molecule has 1 aromatic rings. The minimum absolute atomic E-state index is 0.257. The van der Waals surface area contributed by atoms with Gasteiger partial charge in [0.05, 0.1) is 13.2 Å². The van der Waals surface area contributed by atoms with E-state index in [1.54, 1.807) is 19.1 Å². The fourth-order valence-corrected chi connectivity index (χ4v) is 1.47. The third kappa shape index (κ3) is 7.88. The van der Waals surface area contributed by atoms with Gasteiger partial charge in [0.1, 0.15) is 0 Å². The van der Waals surface area contributed by atoms with Crippen molar-refractivity contribution in [2.24, 2.45) is 0 Å². The molecule has 0 saturated carbocycles. The van der Waals surface area contributed by atoms with Crippen LogP contribution in [0, 0.1) is 6.92 Å². The number of esters is 2. The van der Waals surface area contributed by atoms with Crippen LogP contribution >= 0.6 is 0 Å². The highest BCUT2D eigenvalue weighted by molar-refractivity contribution is 5.82. The molecule has 1 rings (SSSR count). The summed E-state index contributed by atoms with van der Waals surface area (Å²) in [4.78, 5) is 26.2. The van der Waals surface area contributed by atoms with Crippen LogP contribution in [-0.2, 0) is 19.1 Å². The Morgan fingerprint density at radius 2 is 1.75 bits per heavy atom. The monoisotopic (exact) mass is 332 g/mol. The van der Waals surface area contributed by atoms with Crippen molar-refractivity contribution in [1.82, 2.24) is 10.1 Å². The van der Waals surface area contributed by atoms with Gasteiger partial charge in [0.15, 0.2) is 0 Å². The molecule has 1 heterocycles. The fraction of sp³-hybridized carbons (Fsp3) is 0.294. The molecule has 0 N–H and O–H groups in total. The molecule has 0 aromatic carbocycles. The van der Waals surface area contributed by atoms with Crippen molar-refractivity contribution < 1.29 is 23.6 Å². The average Bonchev–Trinajstić information content (AvgIpc) is 3.00. The summed E-state index contributed by atoms with van der Waals surface area (Å²) < 4.78 is 14.6. The molecule has 0 aliphatic carbocycles. The average molecular weight is 332 g/mol. The van der Waals surface area contributed by atoms with E-state index in [0.717, 1.165) is 6.08 Å². The van der Waals surface area contributed by atoms with Crippen LogP contribution in [0.1, 0.15) is 24.6 Å². The highest BCUT2D eigenvalue weighted by Gasteiger charge is 2.02. The van der Waals surface area contributed by atoms with Crippen LogP contribution in [0.5, 0.6) is 0 Å². The highest BCUT2D eigenvalue weighted by Crippen LogP contribution is 2.09. The van der Waals surface area contributed by atoms with E-state index in [0.29, 0.717) is 30.1 Å². The number of hydrogen-bond acceptors (Lipinski definition) is 7. The van der Waals surface area contributed by atoms with Crippen molar-refractivity contribution in [2.45, 2.75) is 19.8 Å². The Kier molecular flexibility index (Phi) is 8.52. The van der Waals surface area contributed by atoms with E-state index in [9.17, 15) is 9.59 Å². The molecule has 0 aliphatic heterocycles. The van der Waals surface area contributed by atoms with E-state index in [1.807, 2.05) is 0 Å². The molecule has 0 atom stereocenters. The maximum absolute atomic E-state index is 11.4. The second-order valence-corrected chi connectivity index (χ2v) is 4.63. The van der Waals surface area contributed by atoms with E-state index >= 15 is 0 Å². The normalized spacial score (nSPS) is 10.9. The van der Waals surface area contributed by atoms with Crippen molar-refractivity contribution >= 4 is 17.5 Å². The van der Waals surface area contributed by atoms with Gasteiger partial charge < -0.3 is 14.0 Å². The molecule has 7 nitrogen and oxygen atoms in total. The number of rotatable bonds is 10. The Morgan fingerprint density at radius 1 is 1.12 bits per heavy atom. The lowest BCUT2D eigenvalue weighted by Gasteiger charge is -2.02. The standard InChI is InChI=1S/C17H20N2O5/c1-4-15(20)22-11-7-8-12-23-16(21)10-6-5-9-13(2)17-18-14(3)24-19-17/h4-6,9-10H,1-2,7-8,11-12H2,3H3/b9-5-,10-6-. The molecule has 7 heteroatoms. The van der Waals surface area contributed by atoms with Gasteiger partial charge in [-0.15, -0.1) is 0 Å². The summed E-state index contributed by atoms with van der Waals surface area (Å²) in [5.41, 5.74) is 0.568. The molecular weight excluding hydrogens is 312 g/mol. The van der Waals surface area contributed by atoms with Crippen LogP contribution in [0.25, 0.3) is 5.57 Å². The first kappa shape index (κ1) is 19.1. The van der Waals surface area contributed by atoms with Gasteiger partial charge in [-0.1, -0.05) is 36.5 Å². The maximum atomic E-state index is 11.4. The van der Waals surface area contributed by atoms with Gasteiger partial charge in [0.25, 0.3) is 0 Å². The third-order valence-electron chi connectivity index (χ3n) is 2.65. The molecule has 128 valence electrons. The molecule has 0 saturated heterocycles. The molecule has 0 fully saturated rings. The molecule has 0 radical (unpaired) electrons. The van der Waals surface area contributed by atoms with Crippen molar-refractivity contribution in [1.29, 1.82) is 0 Å². The Balaban J connectivity index is 2.17. The number of carbonyl (C=O) groups is 2. The van der Waals surface area contributed by atoms with Crippen LogP contribution in [-0.4, -0.2) is 35.3 Å². The van der Waals surface area contributed by atoms with Gasteiger partial charge in [0, 0.05) is 24.6 Å². The van der Waals surface area contributed by atoms with Gasteiger partial charge in [-0.25, -0.2) is 9.59 Å². The predicted molar refractivity (Wildman–Crippen MR) is 87.7 cm³/mol. The predicted octanol–water partition coefficient (Wildman–Crippen LogP) is 2.56. The van der Waals surface area contributed by atoms with Crippen LogP contribution < -0.4 is 0 Å². The lowest BCUT2D eigenvalue weighted by molar-refractivity contribution is -0.140. The van der Waals surface area contributed by atoms with Gasteiger partial charge in [0.2, 0.25) is 11.7 Å². The van der Waals surface area contributed by atoms with E-state index in [1.165, 1.54) is 12.2 Å². The lowest BCUT2D eigenvalue weighted by atomic mass is 10.2. The number of allylic oxidation sites excluding steroid dienone is 4. The van der Waals surface area contributed by atoms with Gasteiger partial charge in [-0.3, -0.25) is 0 Å². The van der Waals surface area contributed by atoms with Crippen LogP contribution in [0.4, 0.5) is 0 Å². The molecule has 0 unspecified atom stereocenters. The molecule has 24 heavy (non-hydrogen) atoms. The number of hydrogen-bond donors (Lipinski definition) is 0. The quantitative estimate of drug-likeness (QED) is 0.281. The van der Waals surface area contributed by atoms with Crippen LogP contribution in [0.3, 0.4) is 0 Å². The molecule has 0 bridgehead atoms. The lowest BCUT2D eigenvalue weighted by Crippen LogP contribution is -2.05. The Labute approximate surface area is 140 Å². The smallest absolute Gasteiger partial charge is 0.330 e. The first-order valence-electron chi connectivity index (χ1n) is 7.33. The summed E-state index contributed by atoms with van der Waals surface area (Å²) >= 11 is 0. The highest BCUT2D eigenvalue weighted by atomic mass is 16.5. The third-order valence-corrected chi connectivity index (χ3v) is 2.65. The minimum Gasteiger partial charge on any atom is -0.463 e. The summed E-state index contributed by atoms with van der Waals surface area (Å²) in [7, 11) is 0. The van der Waals surface area contributed by atoms with E-state index in [4.69, 9.17) is 14.0 Å².